The zero-order valence-electron chi connectivity index (χ0n) is 12.7. The standard InChI is InChI=1S/C17H26NO/c1-5-16(19)18(3,4)17(12-6-7-13-17)15-10-8-14(2)9-11-15/h8-11H,5-7,12-13H2,1-4H3/q+1. The van der Waals surface area contributed by atoms with Gasteiger partial charge in [-0.15, -0.1) is 0 Å². The van der Waals surface area contributed by atoms with Crippen LogP contribution in [0.15, 0.2) is 24.3 Å². The molecule has 1 saturated carbocycles. The van der Waals surface area contributed by atoms with E-state index in [1.54, 1.807) is 0 Å². The molecule has 1 fully saturated rings. The van der Waals surface area contributed by atoms with Gasteiger partial charge < -0.3 is 0 Å². The Kier molecular flexibility index (Phi) is 3.82. The minimum Gasteiger partial charge on any atom is -0.257 e. The van der Waals surface area contributed by atoms with Gasteiger partial charge >= 0.3 is 5.91 Å². The number of nitrogens with zero attached hydrogens (tertiary/aromatic N) is 1. The molecule has 0 spiro atoms. The van der Waals surface area contributed by atoms with Gasteiger partial charge in [-0.05, 0) is 19.8 Å². The lowest BCUT2D eigenvalue weighted by Gasteiger charge is -2.45. The number of hydrogen-bond acceptors (Lipinski definition) is 1. The van der Waals surface area contributed by atoms with E-state index in [-0.39, 0.29) is 5.54 Å². The second-order valence-corrected chi connectivity index (χ2v) is 6.31. The van der Waals surface area contributed by atoms with E-state index >= 15 is 0 Å². The van der Waals surface area contributed by atoms with Gasteiger partial charge in [0, 0.05) is 18.4 Å². The number of quaternary nitrogens is 1. The Balaban J connectivity index is 2.49. The maximum absolute atomic E-state index is 12.4. The molecule has 0 radical (unpaired) electrons. The predicted octanol–water partition coefficient (Wildman–Crippen LogP) is 3.78. The molecule has 2 nitrogen and oxygen atoms in total. The van der Waals surface area contributed by atoms with Crippen LogP contribution in [0.5, 0.6) is 0 Å². The van der Waals surface area contributed by atoms with E-state index in [9.17, 15) is 4.79 Å². The lowest BCUT2D eigenvalue weighted by Crippen LogP contribution is -2.59. The van der Waals surface area contributed by atoms with Crippen LogP contribution in [-0.2, 0) is 10.3 Å². The Morgan fingerprint density at radius 2 is 1.68 bits per heavy atom. The molecule has 0 bridgehead atoms. The van der Waals surface area contributed by atoms with Crippen LogP contribution >= 0.6 is 0 Å². The highest BCUT2D eigenvalue weighted by atomic mass is 16.2. The van der Waals surface area contributed by atoms with Crippen LogP contribution in [-0.4, -0.2) is 24.5 Å². The Labute approximate surface area is 117 Å². The molecule has 1 aromatic carbocycles. The Hall–Kier alpha value is -1.15. The topological polar surface area (TPSA) is 17.1 Å². The smallest absolute Gasteiger partial charge is 0.257 e. The highest BCUT2D eigenvalue weighted by molar-refractivity contribution is 5.69. The third kappa shape index (κ3) is 2.23. The summed E-state index contributed by atoms with van der Waals surface area (Å²) < 4.78 is 0.493. The van der Waals surface area contributed by atoms with Gasteiger partial charge in [-0.3, -0.25) is 4.48 Å². The summed E-state index contributed by atoms with van der Waals surface area (Å²) in [6.45, 7) is 4.09. The predicted molar refractivity (Wildman–Crippen MR) is 78.7 cm³/mol. The van der Waals surface area contributed by atoms with E-state index in [4.69, 9.17) is 0 Å². The van der Waals surface area contributed by atoms with Crippen molar-refractivity contribution < 1.29 is 9.28 Å². The first-order valence-corrected chi connectivity index (χ1v) is 7.38. The maximum Gasteiger partial charge on any atom is 0.313 e. The van der Waals surface area contributed by atoms with E-state index in [1.165, 1.54) is 24.0 Å². The minimum absolute atomic E-state index is 0.0131. The normalized spacial score (nSPS) is 18.5. The van der Waals surface area contributed by atoms with E-state index in [1.807, 2.05) is 6.92 Å². The first-order chi connectivity index (χ1) is 8.94. The van der Waals surface area contributed by atoms with E-state index in [0.717, 1.165) is 12.8 Å². The van der Waals surface area contributed by atoms with Crippen molar-refractivity contribution in [3.8, 4) is 0 Å². The summed E-state index contributed by atoms with van der Waals surface area (Å²) in [5.41, 5.74) is 2.60. The van der Waals surface area contributed by atoms with Crippen LogP contribution < -0.4 is 0 Å². The van der Waals surface area contributed by atoms with Gasteiger partial charge in [0.05, 0.1) is 20.5 Å². The summed E-state index contributed by atoms with van der Waals surface area (Å²) in [5.74, 6) is 0.336. The molecule has 0 aliphatic heterocycles. The minimum atomic E-state index is -0.0131. The molecule has 1 aromatic rings. The molecule has 0 N–H and O–H groups in total. The molecule has 1 amide bonds. The van der Waals surface area contributed by atoms with Gasteiger partial charge in [-0.25, -0.2) is 4.79 Å². The summed E-state index contributed by atoms with van der Waals surface area (Å²) in [6.07, 6.45) is 5.31. The van der Waals surface area contributed by atoms with Crippen LogP contribution in [0, 0.1) is 6.92 Å². The van der Waals surface area contributed by atoms with E-state index in [2.05, 4.69) is 45.3 Å². The molecule has 104 valence electrons. The third-order valence-corrected chi connectivity index (χ3v) is 5.02. The van der Waals surface area contributed by atoms with Crippen LogP contribution in [0.1, 0.15) is 50.2 Å². The number of carbonyl (C=O) groups excluding carboxylic acids is 1. The summed E-state index contributed by atoms with van der Waals surface area (Å²) >= 11 is 0. The van der Waals surface area contributed by atoms with Gasteiger partial charge in [0.1, 0.15) is 5.54 Å². The van der Waals surface area contributed by atoms with Gasteiger partial charge in [0.25, 0.3) is 0 Å². The molecule has 2 heteroatoms. The Morgan fingerprint density at radius 1 is 1.16 bits per heavy atom. The van der Waals surface area contributed by atoms with Crippen molar-refractivity contribution in [3.63, 3.8) is 0 Å². The molecule has 0 heterocycles. The van der Waals surface area contributed by atoms with E-state index in [0.29, 0.717) is 16.8 Å². The monoisotopic (exact) mass is 260 g/mol. The SMILES string of the molecule is CCC(=O)[N+](C)(C)C1(c2ccc(C)cc2)CCCC1. The fourth-order valence-corrected chi connectivity index (χ4v) is 3.63. The van der Waals surface area contributed by atoms with Crippen molar-refractivity contribution in [2.45, 2.75) is 51.5 Å². The van der Waals surface area contributed by atoms with Crippen molar-refractivity contribution in [1.29, 1.82) is 0 Å². The zero-order valence-corrected chi connectivity index (χ0v) is 12.7. The third-order valence-electron chi connectivity index (χ3n) is 5.02. The number of carbonyl (C=O) groups is 1. The Morgan fingerprint density at radius 3 is 2.16 bits per heavy atom. The van der Waals surface area contributed by atoms with Crippen molar-refractivity contribution in [2.24, 2.45) is 0 Å². The van der Waals surface area contributed by atoms with Crippen LogP contribution in [0.4, 0.5) is 0 Å². The Bertz CT molecular complexity index is 453. The molecule has 1 aliphatic carbocycles. The molecule has 0 saturated heterocycles. The molecule has 0 unspecified atom stereocenters. The van der Waals surface area contributed by atoms with Crippen molar-refractivity contribution in [1.82, 2.24) is 0 Å². The first-order valence-electron chi connectivity index (χ1n) is 7.38. The maximum atomic E-state index is 12.4. The van der Waals surface area contributed by atoms with Crippen molar-refractivity contribution >= 4 is 5.91 Å². The fraction of sp³-hybridized carbons (Fsp3) is 0.588. The lowest BCUT2D eigenvalue weighted by molar-refractivity contribution is -0.878. The molecular formula is C17H26NO+. The van der Waals surface area contributed by atoms with Crippen molar-refractivity contribution in [2.75, 3.05) is 14.1 Å². The van der Waals surface area contributed by atoms with E-state index < -0.39 is 0 Å². The van der Waals surface area contributed by atoms with Gasteiger partial charge in [-0.2, -0.15) is 0 Å². The lowest BCUT2D eigenvalue weighted by atomic mass is 9.84. The molecular weight excluding hydrogens is 234 g/mol. The number of amides is 1. The number of rotatable bonds is 3. The second-order valence-electron chi connectivity index (χ2n) is 6.31. The quantitative estimate of drug-likeness (QED) is 0.756. The summed E-state index contributed by atoms with van der Waals surface area (Å²) in [5, 5.41) is 0. The molecule has 19 heavy (non-hydrogen) atoms. The summed E-state index contributed by atoms with van der Waals surface area (Å²) in [7, 11) is 4.19. The zero-order chi connectivity index (χ0) is 14.1. The largest absolute Gasteiger partial charge is 0.313 e. The molecule has 0 aromatic heterocycles. The number of aryl methyl sites for hydroxylation is 1. The molecule has 1 aliphatic rings. The van der Waals surface area contributed by atoms with Crippen LogP contribution in [0.25, 0.3) is 0 Å². The average Bonchev–Trinajstić information content (AvgIpc) is 2.89. The van der Waals surface area contributed by atoms with Gasteiger partial charge in [0.15, 0.2) is 0 Å². The highest BCUT2D eigenvalue weighted by Gasteiger charge is 2.52. The van der Waals surface area contributed by atoms with Gasteiger partial charge in [-0.1, -0.05) is 36.8 Å². The highest BCUT2D eigenvalue weighted by Crippen LogP contribution is 2.47. The average molecular weight is 260 g/mol. The summed E-state index contributed by atoms with van der Waals surface area (Å²) in [6, 6.07) is 8.80. The molecule has 2 rings (SSSR count). The first kappa shape index (κ1) is 14.3. The second kappa shape index (κ2) is 5.09. The fourth-order valence-electron chi connectivity index (χ4n) is 3.63. The van der Waals surface area contributed by atoms with Crippen LogP contribution in [0.2, 0.25) is 0 Å². The number of hydrogen-bond donors (Lipinski definition) is 0. The number of benzene rings is 1. The van der Waals surface area contributed by atoms with Gasteiger partial charge in [0.2, 0.25) is 0 Å². The summed E-state index contributed by atoms with van der Waals surface area (Å²) in [4.78, 5) is 12.4. The van der Waals surface area contributed by atoms with Crippen LogP contribution in [0.3, 0.4) is 0 Å². The van der Waals surface area contributed by atoms with Crippen molar-refractivity contribution in [3.05, 3.63) is 35.4 Å². The molecule has 0 atom stereocenters.